The lowest BCUT2D eigenvalue weighted by Gasteiger charge is -2.25. The molecule has 2 aromatic rings. The first-order valence-corrected chi connectivity index (χ1v) is 11.5. The number of hydrogen-bond donors (Lipinski definition) is 9. The third-order valence-electron chi connectivity index (χ3n) is 5.46. The second-order valence-electron chi connectivity index (χ2n) is 8.61. The second kappa shape index (κ2) is 13.7. The minimum Gasteiger partial charge on any atom is -0.508 e. The molecule has 2 rings (SSSR count). The number of primary amides is 1. The van der Waals surface area contributed by atoms with Crippen LogP contribution in [0.3, 0.4) is 0 Å². The van der Waals surface area contributed by atoms with Crippen LogP contribution in [-0.2, 0) is 36.8 Å². The van der Waals surface area contributed by atoms with Crippen LogP contribution in [0, 0.1) is 0 Å². The van der Waals surface area contributed by atoms with E-state index in [9.17, 15) is 39.3 Å². The van der Waals surface area contributed by atoms with Gasteiger partial charge in [0.25, 0.3) is 0 Å². The molecule has 1 aromatic carbocycles. The lowest BCUT2D eigenvalue weighted by Crippen LogP contribution is -2.59. The van der Waals surface area contributed by atoms with Gasteiger partial charge in [0.1, 0.15) is 29.9 Å². The Bertz CT molecular complexity index is 1120. The summed E-state index contributed by atoms with van der Waals surface area (Å²) in [4.78, 5) is 68.4. The van der Waals surface area contributed by atoms with Crippen molar-refractivity contribution in [3.63, 3.8) is 0 Å². The number of benzene rings is 1. The Balaban J connectivity index is 2.20. The van der Waals surface area contributed by atoms with Crippen molar-refractivity contribution >= 4 is 29.6 Å². The summed E-state index contributed by atoms with van der Waals surface area (Å²) in [5.41, 5.74) is 11.8. The predicted molar refractivity (Wildman–Crippen MR) is 131 cm³/mol. The van der Waals surface area contributed by atoms with Gasteiger partial charge in [-0.2, -0.15) is 0 Å². The fourth-order valence-corrected chi connectivity index (χ4v) is 3.34. The highest BCUT2D eigenvalue weighted by molar-refractivity contribution is 5.96. The highest BCUT2D eigenvalue weighted by Crippen LogP contribution is 2.12. The van der Waals surface area contributed by atoms with Gasteiger partial charge in [0.15, 0.2) is 0 Å². The summed E-state index contributed by atoms with van der Waals surface area (Å²) in [6.45, 7) is 1.29. The first-order chi connectivity index (χ1) is 17.9. The SMILES string of the molecule is CC(O)C(N)C(=O)NC(Cc1cnc[nH]1)C(=O)NC(CC(N)=O)C(=O)NC(Cc1ccc(O)cc1)C(=O)O. The average molecular weight is 534 g/mol. The number of hydrogen-bond acceptors (Lipinski definition) is 9. The van der Waals surface area contributed by atoms with Crippen molar-refractivity contribution in [3.8, 4) is 5.75 Å². The van der Waals surface area contributed by atoms with Crippen LogP contribution in [0.25, 0.3) is 0 Å². The molecule has 38 heavy (non-hydrogen) atoms. The number of aromatic amines is 1. The molecule has 1 aromatic heterocycles. The molecule has 0 bridgehead atoms. The van der Waals surface area contributed by atoms with Gasteiger partial charge < -0.3 is 47.7 Å². The molecule has 5 unspecified atom stereocenters. The number of carbonyl (C=O) groups is 5. The molecule has 0 aliphatic heterocycles. The van der Waals surface area contributed by atoms with Gasteiger partial charge in [-0.05, 0) is 24.6 Å². The fourth-order valence-electron chi connectivity index (χ4n) is 3.34. The van der Waals surface area contributed by atoms with Gasteiger partial charge >= 0.3 is 5.97 Å². The number of phenolic OH excluding ortho intramolecular Hbond substituents is 1. The Morgan fingerprint density at radius 1 is 0.947 bits per heavy atom. The normalized spacial score (nSPS) is 14.8. The molecule has 206 valence electrons. The number of amides is 4. The van der Waals surface area contributed by atoms with E-state index >= 15 is 0 Å². The minimum absolute atomic E-state index is 0.0277. The minimum atomic E-state index is -1.58. The molecule has 0 aliphatic carbocycles. The van der Waals surface area contributed by atoms with Crippen LogP contribution in [0.1, 0.15) is 24.6 Å². The van der Waals surface area contributed by atoms with Crippen molar-refractivity contribution in [1.82, 2.24) is 25.9 Å². The molecular weight excluding hydrogens is 502 g/mol. The number of carboxylic acid groups (broad SMARTS) is 1. The number of aromatic hydroxyl groups is 1. The van der Waals surface area contributed by atoms with E-state index in [1.165, 1.54) is 43.7 Å². The number of carbonyl (C=O) groups excluding carboxylic acids is 4. The van der Waals surface area contributed by atoms with Crippen molar-refractivity contribution in [1.29, 1.82) is 0 Å². The number of aliphatic carboxylic acids is 1. The molecule has 0 saturated carbocycles. The largest absolute Gasteiger partial charge is 0.508 e. The van der Waals surface area contributed by atoms with Crippen LogP contribution < -0.4 is 27.4 Å². The van der Waals surface area contributed by atoms with Gasteiger partial charge in [-0.3, -0.25) is 19.2 Å². The van der Waals surface area contributed by atoms with Gasteiger partial charge in [0, 0.05) is 24.7 Å². The molecular formula is C23H31N7O8. The molecule has 15 nitrogen and oxygen atoms in total. The molecule has 1 heterocycles. The molecule has 0 aliphatic rings. The molecule has 11 N–H and O–H groups in total. The van der Waals surface area contributed by atoms with Gasteiger partial charge in [-0.25, -0.2) is 9.78 Å². The molecule has 0 radical (unpaired) electrons. The molecule has 0 fully saturated rings. The zero-order chi connectivity index (χ0) is 28.4. The van der Waals surface area contributed by atoms with Gasteiger partial charge in [-0.15, -0.1) is 0 Å². The maximum atomic E-state index is 13.1. The van der Waals surface area contributed by atoms with Crippen molar-refractivity contribution in [2.24, 2.45) is 11.5 Å². The topological polar surface area (TPSA) is 263 Å². The first kappa shape index (κ1) is 29.7. The van der Waals surface area contributed by atoms with Crippen LogP contribution in [-0.4, -0.2) is 85.2 Å². The second-order valence-corrected chi connectivity index (χ2v) is 8.61. The van der Waals surface area contributed by atoms with E-state index in [0.717, 1.165) is 0 Å². The maximum Gasteiger partial charge on any atom is 0.326 e. The summed E-state index contributed by atoms with van der Waals surface area (Å²) < 4.78 is 0. The lowest BCUT2D eigenvalue weighted by molar-refractivity contribution is -0.142. The van der Waals surface area contributed by atoms with Gasteiger partial charge in [0.05, 0.1) is 18.9 Å². The summed E-state index contributed by atoms with van der Waals surface area (Å²) in [5, 5.41) is 35.6. The Labute approximate surface area is 217 Å². The maximum absolute atomic E-state index is 13.1. The van der Waals surface area contributed by atoms with Crippen LogP contribution in [0.5, 0.6) is 5.75 Å². The Kier molecular flexibility index (Phi) is 10.7. The predicted octanol–water partition coefficient (Wildman–Crippen LogP) is -2.98. The summed E-state index contributed by atoms with van der Waals surface area (Å²) in [5.74, 6) is -5.13. The number of nitrogens with zero attached hydrogens (tertiary/aromatic N) is 1. The van der Waals surface area contributed by atoms with E-state index in [1.54, 1.807) is 0 Å². The summed E-state index contributed by atoms with van der Waals surface area (Å²) in [6.07, 6.45) is 0.580. The number of imidazole rings is 1. The lowest BCUT2D eigenvalue weighted by atomic mass is 10.0. The smallest absolute Gasteiger partial charge is 0.326 e. The quantitative estimate of drug-likeness (QED) is 0.119. The summed E-state index contributed by atoms with van der Waals surface area (Å²) >= 11 is 0. The van der Waals surface area contributed by atoms with E-state index < -0.39 is 66.3 Å². The number of rotatable bonds is 14. The van der Waals surface area contributed by atoms with Gasteiger partial charge in [-0.1, -0.05) is 12.1 Å². The number of aliphatic hydroxyl groups is 1. The van der Waals surface area contributed by atoms with E-state index in [0.29, 0.717) is 11.3 Å². The Morgan fingerprint density at radius 2 is 1.53 bits per heavy atom. The number of nitrogens with one attached hydrogen (secondary N) is 4. The number of phenols is 1. The van der Waals surface area contributed by atoms with Crippen LogP contribution in [0.4, 0.5) is 0 Å². The first-order valence-electron chi connectivity index (χ1n) is 11.5. The third-order valence-corrected chi connectivity index (χ3v) is 5.46. The van der Waals surface area contributed by atoms with Crippen molar-refractivity contribution in [3.05, 3.63) is 48.0 Å². The number of nitrogens with two attached hydrogens (primary N) is 2. The Hall–Kier alpha value is -4.50. The van der Waals surface area contributed by atoms with Crippen molar-refractivity contribution in [2.75, 3.05) is 0 Å². The fraction of sp³-hybridized carbons (Fsp3) is 0.391. The molecule has 15 heteroatoms. The van der Waals surface area contributed by atoms with Gasteiger partial charge in [0.2, 0.25) is 23.6 Å². The zero-order valence-electron chi connectivity index (χ0n) is 20.5. The molecule has 0 spiro atoms. The van der Waals surface area contributed by atoms with Crippen LogP contribution >= 0.6 is 0 Å². The molecule has 5 atom stereocenters. The number of carboxylic acids is 1. The van der Waals surface area contributed by atoms with Crippen LogP contribution in [0.2, 0.25) is 0 Å². The molecule has 0 saturated heterocycles. The highest BCUT2D eigenvalue weighted by atomic mass is 16.4. The Morgan fingerprint density at radius 3 is 2.05 bits per heavy atom. The summed E-state index contributed by atoms with van der Waals surface area (Å²) in [7, 11) is 0. The van der Waals surface area contributed by atoms with Crippen LogP contribution in [0.15, 0.2) is 36.8 Å². The average Bonchev–Trinajstić information content (AvgIpc) is 3.36. The monoisotopic (exact) mass is 533 g/mol. The highest BCUT2D eigenvalue weighted by Gasteiger charge is 2.32. The van der Waals surface area contributed by atoms with E-state index in [-0.39, 0.29) is 18.6 Å². The third kappa shape index (κ3) is 9.18. The van der Waals surface area contributed by atoms with Crippen molar-refractivity contribution < 1.29 is 39.3 Å². The van der Waals surface area contributed by atoms with Crippen molar-refractivity contribution in [2.45, 2.75) is 56.5 Å². The number of aliphatic hydroxyl groups excluding tert-OH is 1. The van der Waals surface area contributed by atoms with E-state index in [1.807, 2.05) is 0 Å². The molecule has 4 amide bonds. The summed E-state index contributed by atoms with van der Waals surface area (Å²) in [6, 6.07) is -0.0389. The van der Waals surface area contributed by atoms with E-state index in [2.05, 4.69) is 25.9 Å². The number of aromatic nitrogens is 2. The zero-order valence-corrected chi connectivity index (χ0v) is 20.5. The number of H-pyrrole nitrogens is 1. The van der Waals surface area contributed by atoms with E-state index in [4.69, 9.17) is 11.5 Å². The standard InChI is InChI=1S/C23H31N7O8/c1-11(31)19(25)22(36)29-15(7-13-9-26-10-27-13)20(34)28-16(8-18(24)33)21(35)30-17(23(37)38)6-12-2-4-14(32)5-3-12/h2-5,9-11,15-17,19,31-32H,6-8,25H2,1H3,(H2,24,33)(H,26,27)(H,28,34)(H,29,36)(H,30,35)(H,37,38).